The van der Waals surface area contributed by atoms with Crippen LogP contribution in [0.15, 0.2) is 6.20 Å². The minimum Gasteiger partial charge on any atom is -0.347 e. The summed E-state index contributed by atoms with van der Waals surface area (Å²) in [5.41, 5.74) is 0. The Morgan fingerprint density at radius 1 is 1.62 bits per heavy atom. The molecule has 88 valence electrons. The van der Waals surface area contributed by atoms with Crippen molar-refractivity contribution in [3.63, 3.8) is 0 Å². The molecule has 0 bridgehead atoms. The fraction of sp³-hybridized carbons (Fsp3) is 0.700. The first-order valence-electron chi connectivity index (χ1n) is 5.50. The van der Waals surface area contributed by atoms with Crippen LogP contribution >= 0.6 is 11.5 Å². The second-order valence-corrected chi connectivity index (χ2v) is 5.08. The highest BCUT2D eigenvalue weighted by Gasteiger charge is 2.29. The normalized spacial score (nSPS) is 30.0. The van der Waals surface area contributed by atoms with E-state index in [1.807, 2.05) is 0 Å². The fourth-order valence-corrected chi connectivity index (χ4v) is 2.51. The van der Waals surface area contributed by atoms with E-state index in [1.54, 1.807) is 0 Å². The van der Waals surface area contributed by atoms with Crippen molar-refractivity contribution in [1.29, 1.82) is 0 Å². The lowest BCUT2D eigenvalue weighted by atomic mass is 9.89. The number of rotatable bonds is 2. The first-order valence-corrected chi connectivity index (χ1v) is 6.27. The Bertz CT molecular complexity index is 344. The van der Waals surface area contributed by atoms with E-state index in [0.717, 1.165) is 24.5 Å². The summed E-state index contributed by atoms with van der Waals surface area (Å²) in [5, 5.41) is 10.1. The van der Waals surface area contributed by atoms with Crippen LogP contribution in [-0.2, 0) is 0 Å². The molecule has 1 aromatic heterocycles. The van der Waals surface area contributed by atoms with Crippen molar-refractivity contribution in [2.75, 3.05) is 6.54 Å². The highest BCUT2D eigenvalue weighted by Crippen LogP contribution is 2.17. The first-order chi connectivity index (χ1) is 7.68. The van der Waals surface area contributed by atoms with Gasteiger partial charge in [-0.15, -0.1) is 5.10 Å². The minimum atomic E-state index is -0.0672. The number of piperidine rings is 1. The van der Waals surface area contributed by atoms with Gasteiger partial charge in [0.2, 0.25) is 0 Å². The summed E-state index contributed by atoms with van der Waals surface area (Å²) in [4.78, 5) is 12.4. The maximum atomic E-state index is 11.9. The number of hydrogen-bond donors (Lipinski definition) is 2. The van der Waals surface area contributed by atoms with Crippen LogP contribution in [0.3, 0.4) is 0 Å². The van der Waals surface area contributed by atoms with Gasteiger partial charge in [0.1, 0.15) is 4.88 Å². The van der Waals surface area contributed by atoms with Crippen molar-refractivity contribution < 1.29 is 4.79 Å². The van der Waals surface area contributed by atoms with E-state index in [0.29, 0.717) is 16.8 Å². The van der Waals surface area contributed by atoms with Gasteiger partial charge in [-0.25, -0.2) is 0 Å². The van der Waals surface area contributed by atoms with Crippen molar-refractivity contribution in [3.8, 4) is 0 Å². The Hall–Kier alpha value is -1.01. The lowest BCUT2D eigenvalue weighted by Gasteiger charge is -2.35. The highest BCUT2D eigenvalue weighted by atomic mass is 32.1. The van der Waals surface area contributed by atoms with Gasteiger partial charge in [-0.05, 0) is 37.3 Å². The molecule has 1 aliphatic rings. The molecule has 16 heavy (non-hydrogen) atoms. The van der Waals surface area contributed by atoms with Gasteiger partial charge in [0, 0.05) is 12.1 Å². The molecule has 2 rings (SSSR count). The van der Waals surface area contributed by atoms with Crippen molar-refractivity contribution in [2.45, 2.75) is 32.4 Å². The standard InChI is InChI=1S/C10H16N4OS/c1-6-3-4-11-7(2)9(6)13-10(15)8-5-12-14-16-8/h5-7,9,11H,3-4H2,1-2H3,(H,13,15). The zero-order valence-corrected chi connectivity index (χ0v) is 10.3. The SMILES string of the molecule is CC1CCNC(C)C1NC(=O)c1cnns1. The minimum absolute atomic E-state index is 0.0672. The van der Waals surface area contributed by atoms with E-state index in [9.17, 15) is 4.79 Å². The topological polar surface area (TPSA) is 66.9 Å². The summed E-state index contributed by atoms with van der Waals surface area (Å²) in [7, 11) is 0. The van der Waals surface area contributed by atoms with Gasteiger partial charge >= 0.3 is 0 Å². The molecule has 0 spiro atoms. The van der Waals surface area contributed by atoms with Crippen LogP contribution in [0.1, 0.15) is 29.9 Å². The molecule has 3 atom stereocenters. The second-order valence-electron chi connectivity index (χ2n) is 4.29. The Morgan fingerprint density at radius 3 is 3.06 bits per heavy atom. The number of carbonyl (C=O) groups is 1. The number of carbonyl (C=O) groups excluding carboxylic acids is 1. The number of nitrogens with zero attached hydrogens (tertiary/aromatic N) is 2. The van der Waals surface area contributed by atoms with Crippen LogP contribution in [0.25, 0.3) is 0 Å². The van der Waals surface area contributed by atoms with Gasteiger partial charge in [0.15, 0.2) is 0 Å². The number of nitrogens with one attached hydrogen (secondary N) is 2. The molecular weight excluding hydrogens is 224 g/mol. The third-order valence-electron chi connectivity index (χ3n) is 3.10. The van der Waals surface area contributed by atoms with E-state index in [1.165, 1.54) is 6.20 Å². The Labute approximate surface area is 98.8 Å². The van der Waals surface area contributed by atoms with Crippen LogP contribution in [0.5, 0.6) is 0 Å². The smallest absolute Gasteiger partial charge is 0.264 e. The van der Waals surface area contributed by atoms with E-state index in [-0.39, 0.29) is 11.9 Å². The summed E-state index contributed by atoms with van der Waals surface area (Å²) in [6.07, 6.45) is 2.60. The third-order valence-corrected chi connectivity index (χ3v) is 3.76. The second kappa shape index (κ2) is 4.88. The average molecular weight is 240 g/mol. The van der Waals surface area contributed by atoms with Crippen LogP contribution < -0.4 is 10.6 Å². The molecule has 1 fully saturated rings. The van der Waals surface area contributed by atoms with E-state index >= 15 is 0 Å². The van der Waals surface area contributed by atoms with Crippen molar-refractivity contribution >= 4 is 17.4 Å². The Morgan fingerprint density at radius 2 is 2.44 bits per heavy atom. The predicted molar refractivity (Wildman–Crippen MR) is 62.4 cm³/mol. The first kappa shape index (κ1) is 11.5. The van der Waals surface area contributed by atoms with E-state index in [2.05, 4.69) is 34.1 Å². The average Bonchev–Trinajstić information content (AvgIpc) is 2.76. The molecule has 2 N–H and O–H groups in total. The van der Waals surface area contributed by atoms with Crippen LogP contribution in [0, 0.1) is 5.92 Å². The highest BCUT2D eigenvalue weighted by molar-refractivity contribution is 7.07. The maximum Gasteiger partial charge on any atom is 0.264 e. The zero-order valence-electron chi connectivity index (χ0n) is 9.43. The van der Waals surface area contributed by atoms with E-state index in [4.69, 9.17) is 0 Å². The lowest BCUT2D eigenvalue weighted by Crippen LogP contribution is -2.55. The molecule has 6 heteroatoms. The van der Waals surface area contributed by atoms with Crippen LogP contribution in [0.4, 0.5) is 0 Å². The van der Waals surface area contributed by atoms with Gasteiger partial charge in [-0.2, -0.15) is 0 Å². The zero-order chi connectivity index (χ0) is 11.5. The summed E-state index contributed by atoms with van der Waals surface area (Å²) in [5.74, 6) is 0.434. The maximum absolute atomic E-state index is 11.9. The molecule has 1 amide bonds. The summed E-state index contributed by atoms with van der Waals surface area (Å²) >= 11 is 1.13. The number of hydrogen-bond acceptors (Lipinski definition) is 5. The predicted octanol–water partition coefficient (Wildman–Crippen LogP) is 0.654. The fourth-order valence-electron chi connectivity index (χ4n) is 2.09. The summed E-state index contributed by atoms with van der Waals surface area (Å²) in [6.45, 7) is 5.30. The van der Waals surface area contributed by atoms with Crippen LogP contribution in [-0.4, -0.2) is 34.1 Å². The molecule has 0 radical (unpaired) electrons. The monoisotopic (exact) mass is 240 g/mol. The summed E-state index contributed by atoms with van der Waals surface area (Å²) in [6, 6.07) is 0.497. The van der Waals surface area contributed by atoms with Crippen LogP contribution in [0.2, 0.25) is 0 Å². The van der Waals surface area contributed by atoms with Gasteiger partial charge in [0.05, 0.1) is 6.20 Å². The largest absolute Gasteiger partial charge is 0.347 e. The molecule has 1 aliphatic heterocycles. The molecule has 1 aromatic rings. The van der Waals surface area contributed by atoms with Gasteiger partial charge < -0.3 is 10.6 Å². The quantitative estimate of drug-likeness (QED) is 0.796. The molecule has 2 heterocycles. The number of amides is 1. The lowest BCUT2D eigenvalue weighted by molar-refractivity contribution is 0.0901. The number of aromatic nitrogens is 2. The van der Waals surface area contributed by atoms with Crippen molar-refractivity contribution in [3.05, 3.63) is 11.1 Å². The molecule has 5 nitrogen and oxygen atoms in total. The summed E-state index contributed by atoms with van der Waals surface area (Å²) < 4.78 is 3.69. The molecule has 3 unspecified atom stereocenters. The molecule has 1 saturated heterocycles. The Kier molecular flexibility index (Phi) is 3.50. The van der Waals surface area contributed by atoms with Crippen molar-refractivity contribution in [2.24, 2.45) is 5.92 Å². The molecule has 0 aromatic carbocycles. The molecule has 0 aliphatic carbocycles. The van der Waals surface area contributed by atoms with Gasteiger partial charge in [-0.3, -0.25) is 4.79 Å². The molecule has 0 saturated carbocycles. The van der Waals surface area contributed by atoms with Crippen molar-refractivity contribution in [1.82, 2.24) is 20.2 Å². The van der Waals surface area contributed by atoms with E-state index < -0.39 is 0 Å². The molecular formula is C10H16N4OS. The van der Waals surface area contributed by atoms with Gasteiger partial charge in [0.25, 0.3) is 5.91 Å². The Balaban J connectivity index is 2.00. The van der Waals surface area contributed by atoms with Gasteiger partial charge in [-0.1, -0.05) is 11.4 Å². The third kappa shape index (κ3) is 2.38.